The van der Waals surface area contributed by atoms with Gasteiger partial charge in [0.15, 0.2) is 0 Å². The van der Waals surface area contributed by atoms with Gasteiger partial charge in [-0.3, -0.25) is 13.9 Å². The summed E-state index contributed by atoms with van der Waals surface area (Å²) in [6, 6.07) is 12.9. The maximum absolute atomic E-state index is 13.4. The van der Waals surface area contributed by atoms with Crippen molar-refractivity contribution in [3.05, 3.63) is 64.7 Å². The molecule has 1 atom stereocenters. The molecule has 0 heterocycles. The van der Waals surface area contributed by atoms with Gasteiger partial charge in [0.1, 0.15) is 6.04 Å². The summed E-state index contributed by atoms with van der Waals surface area (Å²) in [5, 5.41) is 2.92. The van der Waals surface area contributed by atoms with E-state index in [0.717, 1.165) is 22.3 Å². The molecule has 2 aromatic carbocycles. The van der Waals surface area contributed by atoms with Gasteiger partial charge in [0.05, 0.1) is 11.9 Å². The summed E-state index contributed by atoms with van der Waals surface area (Å²) in [7, 11) is -3.52. The molecule has 7 nitrogen and oxygen atoms in total. The fourth-order valence-electron chi connectivity index (χ4n) is 4.14. The zero-order valence-electron chi connectivity index (χ0n) is 22.7. The van der Waals surface area contributed by atoms with Gasteiger partial charge < -0.3 is 10.2 Å². The van der Waals surface area contributed by atoms with Crippen molar-refractivity contribution in [2.75, 3.05) is 23.7 Å². The van der Waals surface area contributed by atoms with Gasteiger partial charge in [0.2, 0.25) is 21.8 Å². The van der Waals surface area contributed by atoms with E-state index in [1.165, 1.54) is 10.6 Å². The standard InChI is InChI=1S/C28H41N3O4S/c1-20(2)18-29-28(33)24(6)30(19-25-11-8-10-21(3)15-25)27(32)12-9-13-31(36(7,34)35)26-16-22(4)14-23(5)17-26/h8,10-11,14-17,20,24H,9,12-13,18-19H2,1-7H3,(H,29,33). The number of sulfonamides is 1. The van der Waals surface area contributed by atoms with Crippen LogP contribution in [0.25, 0.3) is 0 Å². The predicted octanol–water partition coefficient (Wildman–Crippen LogP) is 4.35. The first-order valence-corrected chi connectivity index (χ1v) is 14.3. The first-order chi connectivity index (χ1) is 16.8. The van der Waals surface area contributed by atoms with Crippen molar-refractivity contribution >= 4 is 27.5 Å². The van der Waals surface area contributed by atoms with E-state index in [-0.39, 0.29) is 24.8 Å². The third-order valence-corrected chi connectivity index (χ3v) is 7.13. The van der Waals surface area contributed by atoms with E-state index in [4.69, 9.17) is 0 Å². The molecule has 0 radical (unpaired) electrons. The highest BCUT2D eigenvalue weighted by Gasteiger charge is 2.26. The highest BCUT2D eigenvalue weighted by Crippen LogP contribution is 2.22. The normalized spacial score (nSPS) is 12.3. The van der Waals surface area contributed by atoms with Crippen molar-refractivity contribution in [2.24, 2.45) is 5.92 Å². The first-order valence-electron chi connectivity index (χ1n) is 12.5. The fourth-order valence-corrected chi connectivity index (χ4v) is 5.09. The molecule has 8 heteroatoms. The number of carbonyl (C=O) groups excluding carboxylic acids is 2. The van der Waals surface area contributed by atoms with Crippen LogP contribution in [0.2, 0.25) is 0 Å². The fraction of sp³-hybridized carbons (Fsp3) is 0.500. The van der Waals surface area contributed by atoms with Crippen LogP contribution < -0.4 is 9.62 Å². The van der Waals surface area contributed by atoms with E-state index in [9.17, 15) is 18.0 Å². The lowest BCUT2D eigenvalue weighted by atomic mass is 10.1. The number of nitrogens with zero attached hydrogens (tertiary/aromatic N) is 2. The number of rotatable bonds is 12. The molecule has 1 N–H and O–H groups in total. The quantitative estimate of drug-likeness (QED) is 0.455. The second-order valence-electron chi connectivity index (χ2n) is 10.1. The number of benzene rings is 2. The van der Waals surface area contributed by atoms with Crippen LogP contribution in [-0.2, 0) is 26.2 Å². The van der Waals surface area contributed by atoms with Crippen molar-refractivity contribution in [1.29, 1.82) is 0 Å². The van der Waals surface area contributed by atoms with Crippen LogP contribution >= 0.6 is 0 Å². The minimum Gasteiger partial charge on any atom is -0.354 e. The van der Waals surface area contributed by atoms with Crippen molar-refractivity contribution < 1.29 is 18.0 Å². The molecule has 0 aliphatic rings. The van der Waals surface area contributed by atoms with Crippen LogP contribution in [0.5, 0.6) is 0 Å². The van der Waals surface area contributed by atoms with E-state index >= 15 is 0 Å². The summed E-state index contributed by atoms with van der Waals surface area (Å²) in [5.74, 6) is -0.0791. The van der Waals surface area contributed by atoms with Crippen LogP contribution in [0.15, 0.2) is 42.5 Å². The Balaban J connectivity index is 2.18. The van der Waals surface area contributed by atoms with Gasteiger partial charge in [-0.1, -0.05) is 49.7 Å². The molecule has 0 aromatic heterocycles. The lowest BCUT2D eigenvalue weighted by molar-refractivity contribution is -0.140. The average Bonchev–Trinajstić information content (AvgIpc) is 2.76. The number of hydrogen-bond acceptors (Lipinski definition) is 4. The van der Waals surface area contributed by atoms with E-state index < -0.39 is 16.1 Å². The number of aryl methyl sites for hydroxylation is 3. The largest absolute Gasteiger partial charge is 0.354 e. The molecule has 0 aliphatic carbocycles. The van der Waals surface area contributed by atoms with Crippen LogP contribution in [0.4, 0.5) is 5.69 Å². The van der Waals surface area contributed by atoms with Crippen molar-refractivity contribution in [3.63, 3.8) is 0 Å². The molecule has 2 amide bonds. The molecule has 2 aromatic rings. The molecular weight excluding hydrogens is 474 g/mol. The minimum absolute atomic E-state index is 0.129. The van der Waals surface area contributed by atoms with E-state index in [1.807, 2.05) is 77.1 Å². The Morgan fingerprint density at radius 1 is 0.944 bits per heavy atom. The second kappa shape index (κ2) is 12.9. The van der Waals surface area contributed by atoms with Crippen molar-refractivity contribution in [1.82, 2.24) is 10.2 Å². The zero-order valence-corrected chi connectivity index (χ0v) is 23.5. The molecule has 36 heavy (non-hydrogen) atoms. The number of carbonyl (C=O) groups is 2. The van der Waals surface area contributed by atoms with E-state index in [0.29, 0.717) is 31.1 Å². The Hall–Kier alpha value is -2.87. The first kappa shape index (κ1) is 29.4. The molecule has 0 fully saturated rings. The SMILES string of the molecule is Cc1cccc(CN(C(=O)CCCN(c2cc(C)cc(C)c2)S(C)(=O)=O)C(C)C(=O)NCC(C)C)c1. The maximum atomic E-state index is 13.4. The van der Waals surface area contributed by atoms with Gasteiger partial charge in [-0.25, -0.2) is 8.42 Å². The molecular formula is C28H41N3O4S. The van der Waals surface area contributed by atoms with E-state index in [1.54, 1.807) is 11.8 Å². The van der Waals surface area contributed by atoms with E-state index in [2.05, 4.69) is 5.32 Å². The molecule has 0 aliphatic heterocycles. The highest BCUT2D eigenvalue weighted by molar-refractivity contribution is 7.92. The van der Waals surface area contributed by atoms with Gasteiger partial charge in [0, 0.05) is 26.1 Å². The van der Waals surface area contributed by atoms with Crippen LogP contribution in [0, 0.1) is 26.7 Å². The third kappa shape index (κ3) is 8.97. The molecule has 0 saturated carbocycles. The molecule has 0 bridgehead atoms. The van der Waals surface area contributed by atoms with Crippen LogP contribution in [0.1, 0.15) is 55.9 Å². The third-order valence-electron chi connectivity index (χ3n) is 5.93. The average molecular weight is 516 g/mol. The minimum atomic E-state index is -3.52. The number of hydrogen-bond donors (Lipinski definition) is 1. The Morgan fingerprint density at radius 2 is 1.58 bits per heavy atom. The van der Waals surface area contributed by atoms with Gasteiger partial charge in [-0.05, 0) is 68.9 Å². The zero-order chi connectivity index (χ0) is 27.0. The number of anilines is 1. The van der Waals surface area contributed by atoms with Gasteiger partial charge in [-0.15, -0.1) is 0 Å². The summed E-state index contributed by atoms with van der Waals surface area (Å²) in [5.41, 5.74) is 4.56. The second-order valence-corrected chi connectivity index (χ2v) is 12.0. The summed E-state index contributed by atoms with van der Waals surface area (Å²) >= 11 is 0. The molecule has 0 saturated heterocycles. The van der Waals surface area contributed by atoms with Crippen molar-refractivity contribution in [3.8, 4) is 0 Å². The van der Waals surface area contributed by atoms with Gasteiger partial charge >= 0.3 is 0 Å². The Labute approximate surface area is 216 Å². The Morgan fingerprint density at radius 3 is 2.14 bits per heavy atom. The molecule has 0 spiro atoms. The summed E-state index contributed by atoms with van der Waals surface area (Å²) in [6.45, 7) is 12.6. The molecule has 2 rings (SSSR count). The number of amides is 2. The number of nitrogens with one attached hydrogen (secondary N) is 1. The lowest BCUT2D eigenvalue weighted by Crippen LogP contribution is -2.48. The highest BCUT2D eigenvalue weighted by atomic mass is 32.2. The monoisotopic (exact) mass is 515 g/mol. The topological polar surface area (TPSA) is 86.8 Å². The van der Waals surface area contributed by atoms with Crippen LogP contribution in [-0.4, -0.2) is 50.5 Å². The smallest absolute Gasteiger partial charge is 0.242 e. The van der Waals surface area contributed by atoms with Gasteiger partial charge in [-0.2, -0.15) is 0 Å². The van der Waals surface area contributed by atoms with Crippen molar-refractivity contribution in [2.45, 2.75) is 67.0 Å². The summed E-state index contributed by atoms with van der Waals surface area (Å²) < 4.78 is 26.4. The Bertz CT molecular complexity index is 1140. The summed E-state index contributed by atoms with van der Waals surface area (Å²) in [4.78, 5) is 27.8. The molecule has 198 valence electrons. The Kier molecular flexibility index (Phi) is 10.5. The lowest BCUT2D eigenvalue weighted by Gasteiger charge is -2.30. The molecule has 1 unspecified atom stereocenters. The van der Waals surface area contributed by atoms with Crippen LogP contribution in [0.3, 0.4) is 0 Å². The predicted molar refractivity (Wildman–Crippen MR) is 146 cm³/mol. The summed E-state index contributed by atoms with van der Waals surface area (Å²) in [6.07, 6.45) is 1.64. The van der Waals surface area contributed by atoms with Gasteiger partial charge in [0.25, 0.3) is 0 Å². The maximum Gasteiger partial charge on any atom is 0.242 e.